The lowest BCUT2D eigenvalue weighted by Crippen LogP contribution is -2.38. The Morgan fingerprint density at radius 2 is 2.09 bits per heavy atom. The van der Waals surface area contributed by atoms with Crippen LogP contribution in [-0.4, -0.2) is 29.1 Å². The minimum Gasteiger partial charge on any atom is -0.388 e. The Morgan fingerprint density at radius 3 is 2.74 bits per heavy atom. The third kappa shape index (κ3) is 6.00. The van der Waals surface area contributed by atoms with Crippen LogP contribution in [0, 0.1) is 6.92 Å². The van der Waals surface area contributed by atoms with E-state index in [1.165, 1.54) is 0 Å². The molecule has 0 fully saturated rings. The molecule has 0 aliphatic carbocycles. The van der Waals surface area contributed by atoms with Crippen LogP contribution in [0.5, 0.6) is 0 Å². The monoisotopic (exact) mass is 332 g/mol. The number of nitrogens with one attached hydrogen (secondary N) is 2. The average Bonchev–Trinajstić information content (AvgIpc) is 2.99. The zero-order chi connectivity index (χ0) is 16.5. The molecule has 23 heavy (non-hydrogen) atoms. The zero-order valence-corrected chi connectivity index (χ0v) is 14.4. The summed E-state index contributed by atoms with van der Waals surface area (Å²) in [5.41, 5.74) is 0.941. The third-order valence-corrected chi connectivity index (χ3v) is 4.20. The van der Waals surface area contributed by atoms with Gasteiger partial charge in [-0.3, -0.25) is 0 Å². The maximum atomic E-state index is 10.2. The van der Waals surface area contributed by atoms with Crippen LogP contribution in [0.25, 0.3) is 0 Å². The molecule has 0 radical (unpaired) electrons. The molecular weight excluding hydrogens is 308 g/mol. The number of thiazole rings is 1. The van der Waals surface area contributed by atoms with Gasteiger partial charge in [0.1, 0.15) is 0 Å². The Labute approximate surface area is 141 Å². The van der Waals surface area contributed by atoms with Crippen LogP contribution in [0.3, 0.4) is 0 Å². The van der Waals surface area contributed by atoms with E-state index in [-0.39, 0.29) is 0 Å². The first-order chi connectivity index (χ1) is 11.2. The van der Waals surface area contributed by atoms with E-state index in [1.807, 2.05) is 50.4 Å². The quantitative estimate of drug-likeness (QED) is 0.538. The first kappa shape index (κ1) is 17.4. The molecule has 1 aromatic carbocycles. The van der Waals surface area contributed by atoms with E-state index in [4.69, 9.17) is 0 Å². The van der Waals surface area contributed by atoms with Crippen LogP contribution in [0.1, 0.15) is 34.9 Å². The van der Waals surface area contributed by atoms with Crippen molar-refractivity contribution >= 4 is 17.3 Å². The van der Waals surface area contributed by atoms with Crippen molar-refractivity contribution in [3.05, 3.63) is 52.0 Å². The van der Waals surface area contributed by atoms with Gasteiger partial charge in [-0.25, -0.2) is 9.98 Å². The molecule has 0 spiro atoms. The summed E-state index contributed by atoms with van der Waals surface area (Å²) in [6, 6.07) is 9.71. The molecule has 0 saturated heterocycles. The number of nitrogens with zero attached hydrogens (tertiary/aromatic N) is 2. The number of aliphatic hydroxyl groups is 1. The van der Waals surface area contributed by atoms with Gasteiger partial charge in [0.05, 0.1) is 17.7 Å². The third-order valence-electron chi connectivity index (χ3n) is 3.30. The number of aromatic nitrogens is 1. The second kappa shape index (κ2) is 9.27. The van der Waals surface area contributed by atoms with Crippen molar-refractivity contribution in [2.75, 3.05) is 13.1 Å². The minimum atomic E-state index is -0.462. The fourth-order valence-corrected chi connectivity index (χ4v) is 2.87. The van der Waals surface area contributed by atoms with Gasteiger partial charge >= 0.3 is 0 Å². The highest BCUT2D eigenvalue weighted by Crippen LogP contribution is 2.15. The molecule has 0 bridgehead atoms. The largest absolute Gasteiger partial charge is 0.388 e. The highest BCUT2D eigenvalue weighted by molar-refractivity contribution is 7.11. The number of aliphatic hydroxyl groups excluding tert-OH is 1. The van der Waals surface area contributed by atoms with Crippen molar-refractivity contribution in [1.82, 2.24) is 15.6 Å². The molecule has 1 atom stereocenters. The second-order valence-corrected chi connectivity index (χ2v) is 6.50. The molecule has 1 heterocycles. The van der Waals surface area contributed by atoms with Gasteiger partial charge in [0.15, 0.2) is 5.96 Å². The van der Waals surface area contributed by atoms with Gasteiger partial charge in [0, 0.05) is 24.2 Å². The van der Waals surface area contributed by atoms with Gasteiger partial charge in [-0.05, 0) is 25.8 Å². The lowest BCUT2D eigenvalue weighted by atomic mass is 10.1. The van der Waals surface area contributed by atoms with Gasteiger partial charge in [-0.2, -0.15) is 0 Å². The van der Waals surface area contributed by atoms with Crippen molar-refractivity contribution in [2.24, 2.45) is 4.99 Å². The van der Waals surface area contributed by atoms with Crippen molar-refractivity contribution in [3.63, 3.8) is 0 Å². The Morgan fingerprint density at radius 1 is 1.30 bits per heavy atom. The van der Waals surface area contributed by atoms with Crippen molar-refractivity contribution in [3.8, 4) is 0 Å². The summed E-state index contributed by atoms with van der Waals surface area (Å²) in [7, 11) is 0. The SMILES string of the molecule is CCNC(=NCc1cnc(C)s1)NCCC(O)c1ccccc1. The number of guanidine groups is 1. The van der Waals surface area contributed by atoms with Crippen molar-refractivity contribution < 1.29 is 5.11 Å². The Bertz CT molecular complexity index is 612. The molecule has 2 aromatic rings. The molecule has 2 rings (SSSR count). The predicted molar refractivity (Wildman–Crippen MR) is 95.7 cm³/mol. The molecule has 5 nitrogen and oxygen atoms in total. The summed E-state index contributed by atoms with van der Waals surface area (Å²) >= 11 is 1.66. The topological polar surface area (TPSA) is 69.5 Å². The number of hydrogen-bond donors (Lipinski definition) is 3. The van der Waals surface area contributed by atoms with Gasteiger partial charge in [0.25, 0.3) is 0 Å². The molecule has 0 aliphatic rings. The van der Waals surface area contributed by atoms with Crippen LogP contribution < -0.4 is 10.6 Å². The maximum absolute atomic E-state index is 10.2. The van der Waals surface area contributed by atoms with Gasteiger partial charge in [-0.15, -0.1) is 11.3 Å². The standard InChI is InChI=1S/C17H24N4OS/c1-3-18-17(21-12-15-11-20-13(2)23-15)19-10-9-16(22)14-7-5-4-6-8-14/h4-8,11,16,22H,3,9-10,12H2,1-2H3,(H2,18,19,21). The molecule has 3 N–H and O–H groups in total. The van der Waals surface area contributed by atoms with Crippen LogP contribution in [0.2, 0.25) is 0 Å². The van der Waals surface area contributed by atoms with E-state index in [2.05, 4.69) is 20.6 Å². The normalized spacial score (nSPS) is 12.9. The number of rotatable bonds is 7. The highest BCUT2D eigenvalue weighted by atomic mass is 32.1. The summed E-state index contributed by atoms with van der Waals surface area (Å²) < 4.78 is 0. The molecular formula is C17H24N4OS. The number of hydrogen-bond acceptors (Lipinski definition) is 4. The van der Waals surface area contributed by atoms with E-state index < -0.39 is 6.10 Å². The number of benzene rings is 1. The van der Waals surface area contributed by atoms with Crippen molar-refractivity contribution in [1.29, 1.82) is 0 Å². The molecule has 1 unspecified atom stereocenters. The first-order valence-corrected chi connectivity index (χ1v) is 8.67. The Balaban J connectivity index is 1.82. The molecule has 0 saturated carbocycles. The fraction of sp³-hybridized carbons (Fsp3) is 0.412. The molecule has 6 heteroatoms. The predicted octanol–water partition coefficient (Wildman–Crippen LogP) is 2.63. The van der Waals surface area contributed by atoms with Crippen LogP contribution in [0.4, 0.5) is 0 Å². The molecule has 1 aromatic heterocycles. The van der Waals surface area contributed by atoms with Crippen LogP contribution in [-0.2, 0) is 6.54 Å². The first-order valence-electron chi connectivity index (χ1n) is 7.85. The summed E-state index contributed by atoms with van der Waals surface area (Å²) in [6.45, 7) is 6.10. The van der Waals surface area contributed by atoms with Gasteiger partial charge < -0.3 is 15.7 Å². The molecule has 0 aliphatic heterocycles. The smallest absolute Gasteiger partial charge is 0.191 e. The van der Waals surface area contributed by atoms with E-state index in [9.17, 15) is 5.11 Å². The van der Waals surface area contributed by atoms with Crippen LogP contribution in [0.15, 0.2) is 41.5 Å². The van der Waals surface area contributed by atoms with E-state index in [0.717, 1.165) is 28.0 Å². The summed E-state index contributed by atoms with van der Waals surface area (Å²) in [5.74, 6) is 0.763. The van der Waals surface area contributed by atoms with Crippen molar-refractivity contribution in [2.45, 2.75) is 32.9 Å². The lowest BCUT2D eigenvalue weighted by Gasteiger charge is -2.14. The van der Waals surface area contributed by atoms with Crippen LogP contribution >= 0.6 is 11.3 Å². The average molecular weight is 332 g/mol. The fourth-order valence-electron chi connectivity index (χ4n) is 2.15. The van der Waals surface area contributed by atoms with Gasteiger partial charge in [-0.1, -0.05) is 30.3 Å². The summed E-state index contributed by atoms with van der Waals surface area (Å²) in [4.78, 5) is 9.93. The maximum Gasteiger partial charge on any atom is 0.191 e. The Hall–Kier alpha value is -1.92. The summed E-state index contributed by atoms with van der Waals surface area (Å²) in [5, 5.41) is 17.7. The second-order valence-electron chi connectivity index (χ2n) is 5.18. The Kier molecular flexibility index (Phi) is 7.03. The summed E-state index contributed by atoms with van der Waals surface area (Å²) in [6.07, 6.45) is 2.04. The van der Waals surface area contributed by atoms with E-state index >= 15 is 0 Å². The van der Waals surface area contributed by atoms with E-state index in [1.54, 1.807) is 11.3 Å². The number of aryl methyl sites for hydroxylation is 1. The minimum absolute atomic E-state index is 0.462. The van der Waals surface area contributed by atoms with Gasteiger partial charge in [0.2, 0.25) is 0 Å². The lowest BCUT2D eigenvalue weighted by molar-refractivity contribution is 0.168. The molecule has 0 amide bonds. The molecule has 124 valence electrons. The van der Waals surface area contributed by atoms with E-state index in [0.29, 0.717) is 19.5 Å². The number of aliphatic imine (C=N–C) groups is 1. The highest BCUT2D eigenvalue weighted by Gasteiger charge is 2.07. The zero-order valence-electron chi connectivity index (χ0n) is 13.6.